The molecule has 0 aromatic heterocycles. The lowest BCUT2D eigenvalue weighted by molar-refractivity contribution is -0.147. The lowest BCUT2D eigenvalue weighted by Crippen LogP contribution is -2.34. The number of esters is 1. The molecule has 0 spiro atoms. The molecule has 0 unspecified atom stereocenters. The molecule has 4 nitrogen and oxygen atoms in total. The largest absolute Gasteiger partial charge is 0.464 e. The highest BCUT2D eigenvalue weighted by atomic mass is 35.5. The number of nitrogens with zero attached hydrogens (tertiary/aromatic N) is 1. The number of thioether (sulfide) groups is 1. The van der Waals surface area contributed by atoms with Crippen LogP contribution >= 0.6 is 47.2 Å². The molecule has 1 aromatic carbocycles. The Kier molecular flexibility index (Phi) is 6.69. The van der Waals surface area contributed by atoms with Crippen molar-refractivity contribution in [2.24, 2.45) is 5.92 Å². The van der Waals surface area contributed by atoms with Gasteiger partial charge in [-0.2, -0.15) is 0 Å². The van der Waals surface area contributed by atoms with Crippen LogP contribution in [0.1, 0.15) is 19.4 Å². The summed E-state index contributed by atoms with van der Waals surface area (Å²) in [5, 5.41) is 0.946. The van der Waals surface area contributed by atoms with Crippen molar-refractivity contribution in [3.63, 3.8) is 0 Å². The van der Waals surface area contributed by atoms with Crippen LogP contribution in [0.15, 0.2) is 23.1 Å². The predicted octanol–water partition coefficient (Wildman–Crippen LogP) is 4.39. The molecular formula is C16H15Cl2NO3S2. The number of thiocarbonyl (C=S) groups is 1. The number of halogens is 2. The van der Waals surface area contributed by atoms with Gasteiger partial charge in [-0.1, -0.05) is 67.1 Å². The van der Waals surface area contributed by atoms with Gasteiger partial charge in [0.05, 0.1) is 11.5 Å². The van der Waals surface area contributed by atoms with Gasteiger partial charge >= 0.3 is 5.97 Å². The van der Waals surface area contributed by atoms with Crippen LogP contribution < -0.4 is 0 Å². The normalized spacial score (nSPS) is 16.4. The minimum absolute atomic E-state index is 0.191. The first-order valence-corrected chi connectivity index (χ1v) is 9.12. The molecule has 0 radical (unpaired) electrons. The first-order valence-electron chi connectivity index (χ1n) is 7.14. The number of hydrogen-bond donors (Lipinski definition) is 0. The molecule has 8 heteroatoms. The van der Waals surface area contributed by atoms with Gasteiger partial charge in [-0.15, -0.1) is 0 Å². The number of rotatable bonds is 5. The fourth-order valence-corrected chi connectivity index (χ4v) is 3.54. The third-order valence-electron chi connectivity index (χ3n) is 2.99. The molecule has 2 rings (SSSR count). The quantitative estimate of drug-likeness (QED) is 0.414. The third-order valence-corrected chi connectivity index (χ3v) is 4.93. The number of carbonyl (C=O) groups is 2. The summed E-state index contributed by atoms with van der Waals surface area (Å²) in [6.45, 7) is 3.99. The Morgan fingerprint density at radius 3 is 2.75 bits per heavy atom. The Balaban J connectivity index is 2.10. The fraction of sp³-hybridized carbons (Fsp3) is 0.312. The van der Waals surface area contributed by atoms with Gasteiger partial charge in [0.2, 0.25) is 0 Å². The topological polar surface area (TPSA) is 46.6 Å². The maximum Gasteiger partial charge on any atom is 0.326 e. The predicted molar refractivity (Wildman–Crippen MR) is 102 cm³/mol. The molecule has 1 aromatic rings. The number of amides is 1. The summed E-state index contributed by atoms with van der Waals surface area (Å²) in [6, 6.07) is 5.00. The van der Waals surface area contributed by atoms with Crippen LogP contribution in [0.5, 0.6) is 0 Å². The summed E-state index contributed by atoms with van der Waals surface area (Å²) in [5.41, 5.74) is 0.656. The Morgan fingerprint density at radius 2 is 2.12 bits per heavy atom. The Labute approximate surface area is 160 Å². The molecule has 1 heterocycles. The average molecular weight is 404 g/mol. The van der Waals surface area contributed by atoms with Crippen molar-refractivity contribution in [1.82, 2.24) is 4.90 Å². The van der Waals surface area contributed by atoms with Crippen molar-refractivity contribution in [1.29, 1.82) is 0 Å². The smallest absolute Gasteiger partial charge is 0.326 e. The van der Waals surface area contributed by atoms with E-state index in [0.717, 1.165) is 11.8 Å². The molecule has 1 saturated heterocycles. The molecule has 0 N–H and O–H groups in total. The van der Waals surface area contributed by atoms with E-state index < -0.39 is 5.97 Å². The van der Waals surface area contributed by atoms with Crippen LogP contribution in [0.25, 0.3) is 6.08 Å². The standard InChI is InChI=1S/C16H15Cl2NO3S2/c1-9(2)8-22-14(20)7-19-15(21)13(24-16(19)23)5-10-3-4-11(17)6-12(10)18/h3-6,9H,7-8H2,1-2H3/b13-5-. The minimum atomic E-state index is -0.481. The molecule has 24 heavy (non-hydrogen) atoms. The summed E-state index contributed by atoms with van der Waals surface area (Å²) in [6.07, 6.45) is 1.64. The molecular weight excluding hydrogens is 389 g/mol. The molecule has 0 saturated carbocycles. The van der Waals surface area contributed by atoms with Gasteiger partial charge in [0.25, 0.3) is 5.91 Å². The first-order chi connectivity index (χ1) is 11.3. The maximum atomic E-state index is 12.4. The van der Waals surface area contributed by atoms with Crippen molar-refractivity contribution in [3.8, 4) is 0 Å². The lowest BCUT2D eigenvalue weighted by Gasteiger charge is -2.14. The van der Waals surface area contributed by atoms with Gasteiger partial charge in [-0.25, -0.2) is 0 Å². The molecule has 1 aliphatic heterocycles. The van der Waals surface area contributed by atoms with E-state index in [4.69, 9.17) is 40.2 Å². The molecule has 1 fully saturated rings. The molecule has 128 valence electrons. The van der Waals surface area contributed by atoms with E-state index in [-0.39, 0.29) is 18.4 Å². The van der Waals surface area contributed by atoms with Crippen molar-refractivity contribution in [2.45, 2.75) is 13.8 Å². The van der Waals surface area contributed by atoms with Gasteiger partial charge in [0, 0.05) is 10.0 Å². The second-order valence-electron chi connectivity index (χ2n) is 5.51. The summed E-state index contributed by atoms with van der Waals surface area (Å²) < 4.78 is 5.41. The van der Waals surface area contributed by atoms with Crippen molar-refractivity contribution in [3.05, 3.63) is 38.7 Å². The van der Waals surface area contributed by atoms with Crippen LogP contribution in [0.4, 0.5) is 0 Å². The van der Waals surface area contributed by atoms with Crippen LogP contribution in [-0.2, 0) is 14.3 Å². The zero-order valence-electron chi connectivity index (χ0n) is 13.0. The maximum absolute atomic E-state index is 12.4. The Bertz CT molecular complexity index is 719. The van der Waals surface area contributed by atoms with E-state index in [9.17, 15) is 9.59 Å². The fourth-order valence-electron chi connectivity index (χ4n) is 1.83. The summed E-state index contributed by atoms with van der Waals surface area (Å²) in [7, 11) is 0. The van der Waals surface area contributed by atoms with E-state index in [1.165, 1.54) is 4.90 Å². The van der Waals surface area contributed by atoms with Crippen molar-refractivity contribution < 1.29 is 14.3 Å². The first kappa shape index (κ1) is 19.2. The lowest BCUT2D eigenvalue weighted by atomic mass is 10.2. The van der Waals surface area contributed by atoms with E-state index >= 15 is 0 Å². The van der Waals surface area contributed by atoms with E-state index in [0.29, 0.717) is 31.4 Å². The van der Waals surface area contributed by atoms with E-state index in [2.05, 4.69) is 0 Å². The number of hydrogen-bond acceptors (Lipinski definition) is 5. The van der Waals surface area contributed by atoms with Crippen LogP contribution in [0.3, 0.4) is 0 Å². The molecule has 0 bridgehead atoms. The third kappa shape index (κ3) is 4.96. The second-order valence-corrected chi connectivity index (χ2v) is 8.03. The Hall–Kier alpha value is -1.08. The van der Waals surface area contributed by atoms with E-state index in [1.54, 1.807) is 24.3 Å². The van der Waals surface area contributed by atoms with Gasteiger partial charge in [0.1, 0.15) is 10.9 Å². The zero-order valence-corrected chi connectivity index (χ0v) is 16.2. The number of benzene rings is 1. The van der Waals surface area contributed by atoms with Crippen molar-refractivity contribution in [2.75, 3.05) is 13.2 Å². The summed E-state index contributed by atoms with van der Waals surface area (Å²) in [5.74, 6) is -0.588. The van der Waals surface area contributed by atoms with Gasteiger partial charge in [-0.05, 0) is 29.7 Å². The molecule has 1 aliphatic rings. The summed E-state index contributed by atoms with van der Waals surface area (Å²) in [4.78, 5) is 25.9. The summed E-state index contributed by atoms with van der Waals surface area (Å²) >= 11 is 18.3. The van der Waals surface area contributed by atoms with Gasteiger partial charge in [0.15, 0.2) is 0 Å². The van der Waals surface area contributed by atoms with Crippen molar-refractivity contribution >= 4 is 69.5 Å². The van der Waals surface area contributed by atoms with Crippen LogP contribution in [0, 0.1) is 5.92 Å². The number of carbonyl (C=O) groups excluding carboxylic acids is 2. The second kappa shape index (κ2) is 8.34. The highest BCUT2D eigenvalue weighted by Gasteiger charge is 2.33. The zero-order chi connectivity index (χ0) is 17.9. The minimum Gasteiger partial charge on any atom is -0.464 e. The van der Waals surface area contributed by atoms with Crippen LogP contribution in [0.2, 0.25) is 10.0 Å². The number of ether oxygens (including phenoxy) is 1. The monoisotopic (exact) mass is 403 g/mol. The highest BCUT2D eigenvalue weighted by molar-refractivity contribution is 8.26. The molecule has 0 aliphatic carbocycles. The highest BCUT2D eigenvalue weighted by Crippen LogP contribution is 2.34. The Morgan fingerprint density at radius 1 is 1.42 bits per heavy atom. The van der Waals surface area contributed by atoms with Gasteiger partial charge < -0.3 is 4.74 Å². The van der Waals surface area contributed by atoms with Gasteiger partial charge in [-0.3, -0.25) is 14.5 Å². The molecule has 1 amide bonds. The average Bonchev–Trinajstić information content (AvgIpc) is 2.75. The van der Waals surface area contributed by atoms with E-state index in [1.807, 2.05) is 13.8 Å². The van der Waals surface area contributed by atoms with Crippen LogP contribution in [-0.4, -0.2) is 34.2 Å². The molecule has 0 atom stereocenters. The SMILES string of the molecule is CC(C)COC(=O)CN1C(=O)/C(=C/c2ccc(Cl)cc2Cl)SC1=S.